The summed E-state index contributed by atoms with van der Waals surface area (Å²) in [5, 5.41) is 2.57. The van der Waals surface area contributed by atoms with Crippen LogP contribution in [0.15, 0.2) is 58.5 Å². The van der Waals surface area contributed by atoms with Gasteiger partial charge in [0, 0.05) is 31.3 Å². The Morgan fingerprint density at radius 3 is 2.23 bits per heavy atom. The number of hydrogen-bond acceptors (Lipinski definition) is 4. The molecular formula is C25H34N2O3. The topological polar surface area (TPSA) is 66.5 Å². The van der Waals surface area contributed by atoms with Crippen LogP contribution in [0, 0.1) is 0 Å². The number of likely N-dealkylation sites (tertiary alicyclic amines) is 1. The lowest BCUT2D eigenvalue weighted by atomic mass is 10.0. The number of ketones is 2. The predicted molar refractivity (Wildman–Crippen MR) is 121 cm³/mol. The van der Waals surface area contributed by atoms with Crippen molar-refractivity contribution in [3.8, 4) is 0 Å². The number of hydrogen-bond donors (Lipinski definition) is 1. The van der Waals surface area contributed by atoms with E-state index < -0.39 is 0 Å². The van der Waals surface area contributed by atoms with Crippen LogP contribution < -0.4 is 5.32 Å². The molecule has 0 saturated carbocycles. The van der Waals surface area contributed by atoms with Crippen molar-refractivity contribution in [3.63, 3.8) is 0 Å². The molecule has 5 nitrogen and oxygen atoms in total. The predicted octanol–water partition coefficient (Wildman–Crippen LogP) is 4.54. The summed E-state index contributed by atoms with van der Waals surface area (Å²) in [5.74, 6) is -0.922. The molecule has 1 aliphatic carbocycles. The molecule has 5 heteroatoms. The van der Waals surface area contributed by atoms with Crippen LogP contribution in [0.4, 0.5) is 0 Å². The van der Waals surface area contributed by atoms with E-state index in [0.717, 1.165) is 57.2 Å². The Kier molecular flexibility index (Phi) is 9.03. The van der Waals surface area contributed by atoms with E-state index >= 15 is 0 Å². The molecule has 1 N–H and O–H groups in total. The molecule has 0 unspecified atom stereocenters. The van der Waals surface area contributed by atoms with Gasteiger partial charge in [-0.1, -0.05) is 28.9 Å². The molecule has 162 valence electrons. The Morgan fingerprint density at radius 1 is 0.933 bits per heavy atom. The largest absolute Gasteiger partial charge is 0.368 e. The minimum atomic E-state index is -0.373. The zero-order valence-corrected chi connectivity index (χ0v) is 18.7. The van der Waals surface area contributed by atoms with Crippen LogP contribution in [0.2, 0.25) is 0 Å². The van der Waals surface area contributed by atoms with Gasteiger partial charge in [0.1, 0.15) is 0 Å². The van der Waals surface area contributed by atoms with E-state index in [1.54, 1.807) is 0 Å². The summed E-state index contributed by atoms with van der Waals surface area (Å²) in [6, 6.07) is 0. The van der Waals surface area contributed by atoms with E-state index in [-0.39, 0.29) is 23.2 Å². The zero-order valence-electron chi connectivity index (χ0n) is 18.7. The van der Waals surface area contributed by atoms with E-state index in [9.17, 15) is 14.4 Å². The van der Waals surface area contributed by atoms with Crippen molar-refractivity contribution in [2.24, 2.45) is 0 Å². The standard InChI is InChI=1S/C25H34N2O3/c1-18(2)9-7-10-19(3)11-8-12-20(4)15-25(30)26-21-16-24(29)22(17-23(21)28)27-13-5-6-14-27/h9,11,15-17H,5-8,10,12-14H2,1-4H3,(H,26,30)/b19-11+,20-15+. The number of nitrogens with zero attached hydrogens (tertiary/aromatic N) is 1. The van der Waals surface area contributed by atoms with Gasteiger partial charge >= 0.3 is 0 Å². The molecule has 0 aromatic heterocycles. The van der Waals surface area contributed by atoms with Crippen LogP contribution in [0.25, 0.3) is 0 Å². The molecule has 0 radical (unpaired) electrons. The third-order valence-electron chi connectivity index (χ3n) is 5.27. The summed E-state index contributed by atoms with van der Waals surface area (Å²) >= 11 is 0. The maximum atomic E-state index is 12.3. The third kappa shape index (κ3) is 7.62. The summed E-state index contributed by atoms with van der Waals surface area (Å²) < 4.78 is 0. The monoisotopic (exact) mass is 410 g/mol. The Balaban J connectivity index is 1.83. The molecule has 1 amide bonds. The lowest BCUT2D eigenvalue weighted by Crippen LogP contribution is -2.33. The highest BCUT2D eigenvalue weighted by Crippen LogP contribution is 2.20. The second-order valence-corrected chi connectivity index (χ2v) is 8.40. The number of allylic oxidation sites excluding steroid dienone is 7. The maximum absolute atomic E-state index is 12.3. The molecular weight excluding hydrogens is 376 g/mol. The average molecular weight is 411 g/mol. The van der Waals surface area contributed by atoms with Crippen molar-refractivity contribution in [3.05, 3.63) is 58.5 Å². The zero-order chi connectivity index (χ0) is 22.1. The van der Waals surface area contributed by atoms with Crippen LogP contribution in [-0.2, 0) is 14.4 Å². The molecule has 1 heterocycles. The van der Waals surface area contributed by atoms with E-state index in [2.05, 4.69) is 38.2 Å². The summed E-state index contributed by atoms with van der Waals surface area (Å²) in [6.45, 7) is 9.84. The first-order chi connectivity index (χ1) is 14.3. The molecule has 0 bridgehead atoms. The fraction of sp³-hybridized carbons (Fsp3) is 0.480. The van der Waals surface area contributed by atoms with Crippen molar-refractivity contribution < 1.29 is 14.4 Å². The van der Waals surface area contributed by atoms with Crippen LogP contribution in [-0.4, -0.2) is 35.5 Å². The van der Waals surface area contributed by atoms with Gasteiger partial charge in [0.15, 0.2) is 0 Å². The van der Waals surface area contributed by atoms with Gasteiger partial charge in [-0.25, -0.2) is 0 Å². The summed E-state index contributed by atoms with van der Waals surface area (Å²) in [7, 11) is 0. The van der Waals surface area contributed by atoms with E-state index in [1.807, 2.05) is 11.8 Å². The molecule has 0 atom stereocenters. The van der Waals surface area contributed by atoms with Crippen LogP contribution >= 0.6 is 0 Å². The third-order valence-corrected chi connectivity index (χ3v) is 5.27. The molecule has 1 aliphatic heterocycles. The van der Waals surface area contributed by atoms with Gasteiger partial charge in [0.2, 0.25) is 17.5 Å². The van der Waals surface area contributed by atoms with Crippen molar-refractivity contribution in [1.29, 1.82) is 0 Å². The summed E-state index contributed by atoms with van der Waals surface area (Å²) in [6.07, 6.45) is 14.4. The van der Waals surface area contributed by atoms with E-state index in [4.69, 9.17) is 0 Å². The fourth-order valence-corrected chi connectivity index (χ4v) is 3.55. The minimum Gasteiger partial charge on any atom is -0.368 e. The fourth-order valence-electron chi connectivity index (χ4n) is 3.55. The highest BCUT2D eigenvalue weighted by Gasteiger charge is 2.26. The number of nitrogens with one attached hydrogen (secondary N) is 1. The molecule has 0 spiro atoms. The molecule has 30 heavy (non-hydrogen) atoms. The smallest absolute Gasteiger partial charge is 0.248 e. The molecule has 1 saturated heterocycles. The number of carbonyl (C=O) groups is 3. The van der Waals surface area contributed by atoms with Crippen molar-refractivity contribution in [2.75, 3.05) is 13.1 Å². The molecule has 0 aromatic carbocycles. The number of amides is 1. The lowest BCUT2D eigenvalue weighted by molar-refractivity contribution is -0.119. The SMILES string of the molecule is CC(C)=CCC/C(C)=C/CC/C(C)=C/C(=O)NC1=CC(=O)C(N2CCCC2)=CC1=O. The lowest BCUT2D eigenvalue weighted by Gasteiger charge is -2.22. The number of carbonyl (C=O) groups excluding carboxylic acids is 3. The Labute approximate surface area is 180 Å². The second-order valence-electron chi connectivity index (χ2n) is 8.40. The highest BCUT2D eigenvalue weighted by atomic mass is 16.2. The molecule has 1 fully saturated rings. The van der Waals surface area contributed by atoms with Crippen molar-refractivity contribution in [2.45, 2.75) is 66.2 Å². The van der Waals surface area contributed by atoms with Gasteiger partial charge < -0.3 is 10.2 Å². The Bertz CT molecular complexity index is 830. The highest BCUT2D eigenvalue weighted by molar-refractivity contribution is 6.20. The van der Waals surface area contributed by atoms with E-state index in [0.29, 0.717) is 5.70 Å². The van der Waals surface area contributed by atoms with Crippen LogP contribution in [0.5, 0.6) is 0 Å². The Hall–Kier alpha value is -2.69. The van der Waals surface area contributed by atoms with Gasteiger partial charge in [-0.05, 0) is 66.2 Å². The van der Waals surface area contributed by atoms with Crippen LogP contribution in [0.1, 0.15) is 66.2 Å². The first kappa shape index (κ1) is 23.6. The average Bonchev–Trinajstić information content (AvgIpc) is 3.18. The first-order valence-electron chi connectivity index (χ1n) is 10.8. The van der Waals surface area contributed by atoms with Crippen molar-refractivity contribution in [1.82, 2.24) is 10.2 Å². The molecule has 2 aliphatic rings. The maximum Gasteiger partial charge on any atom is 0.248 e. The second kappa shape index (κ2) is 11.5. The normalized spacial score (nSPS) is 17.7. The van der Waals surface area contributed by atoms with Crippen LogP contribution in [0.3, 0.4) is 0 Å². The minimum absolute atomic E-state index is 0.0482. The van der Waals surface area contributed by atoms with Crippen molar-refractivity contribution >= 4 is 17.5 Å². The van der Waals surface area contributed by atoms with Gasteiger partial charge in [0.05, 0.1) is 11.4 Å². The van der Waals surface area contributed by atoms with Gasteiger partial charge in [-0.2, -0.15) is 0 Å². The summed E-state index contributed by atoms with van der Waals surface area (Å²) in [5.41, 5.74) is 4.11. The Morgan fingerprint density at radius 2 is 1.57 bits per heavy atom. The van der Waals surface area contributed by atoms with Gasteiger partial charge in [-0.15, -0.1) is 0 Å². The summed E-state index contributed by atoms with van der Waals surface area (Å²) in [4.78, 5) is 38.9. The van der Waals surface area contributed by atoms with Gasteiger partial charge in [-0.3, -0.25) is 14.4 Å². The number of rotatable bonds is 9. The van der Waals surface area contributed by atoms with E-state index in [1.165, 1.54) is 29.4 Å². The quantitative estimate of drug-likeness (QED) is 0.344. The van der Waals surface area contributed by atoms with Gasteiger partial charge in [0.25, 0.3) is 0 Å². The first-order valence-corrected chi connectivity index (χ1v) is 10.8. The molecule has 2 rings (SSSR count). The molecule has 0 aromatic rings.